The zero-order chi connectivity index (χ0) is 9.54. The molecule has 0 unspecified atom stereocenters. The molecular formula is C10H11N3O. The van der Waals surface area contributed by atoms with Crippen LogP contribution in [0, 0.1) is 0 Å². The fourth-order valence-corrected chi connectivity index (χ4v) is 1.98. The van der Waals surface area contributed by atoms with Gasteiger partial charge in [0.25, 0.3) is 0 Å². The first-order valence-electron chi connectivity index (χ1n) is 4.73. The summed E-state index contributed by atoms with van der Waals surface area (Å²) in [5.74, 6) is 1.33. The fourth-order valence-electron chi connectivity index (χ4n) is 1.98. The van der Waals surface area contributed by atoms with Crippen molar-refractivity contribution in [2.75, 3.05) is 19.6 Å². The Morgan fingerprint density at radius 2 is 2.43 bits per heavy atom. The number of hydrogen-bond acceptors (Lipinski definition) is 4. The third kappa shape index (κ3) is 0.968. The molecule has 0 aliphatic carbocycles. The average molecular weight is 189 g/mol. The summed E-state index contributed by atoms with van der Waals surface area (Å²) in [6.45, 7) is 2.92. The van der Waals surface area contributed by atoms with Gasteiger partial charge >= 0.3 is 0 Å². The van der Waals surface area contributed by atoms with Crippen LogP contribution in [0.4, 0.5) is 0 Å². The van der Waals surface area contributed by atoms with Crippen molar-refractivity contribution in [1.82, 2.24) is 15.2 Å². The van der Waals surface area contributed by atoms with Crippen LogP contribution in [0.15, 0.2) is 12.3 Å². The highest BCUT2D eigenvalue weighted by Gasteiger charge is 2.19. The second-order valence-corrected chi connectivity index (χ2v) is 3.56. The summed E-state index contributed by atoms with van der Waals surface area (Å²) in [4.78, 5) is 6.50. The summed E-state index contributed by atoms with van der Waals surface area (Å²) in [6, 6.07) is 1.76. The van der Waals surface area contributed by atoms with E-state index in [0.717, 1.165) is 36.0 Å². The van der Waals surface area contributed by atoms with Crippen LogP contribution in [0.5, 0.6) is 5.75 Å². The third-order valence-electron chi connectivity index (χ3n) is 2.65. The van der Waals surface area contributed by atoms with Crippen molar-refractivity contribution in [2.24, 2.45) is 0 Å². The molecule has 4 nitrogen and oxygen atoms in total. The Morgan fingerprint density at radius 1 is 1.50 bits per heavy atom. The van der Waals surface area contributed by atoms with E-state index >= 15 is 0 Å². The number of aromatic nitrogens is 1. The Balaban J connectivity index is 2.35. The standard InChI is InChI=1S/C10H11N3O/c14-8-5-7-1-3-13-4-2-11-10(13)9(7)12-6-8/h1,5-6,11,14H,2-4H2. The lowest BCUT2D eigenvalue weighted by molar-refractivity contribution is 0.468. The number of nitrogens with zero attached hydrogens (tertiary/aromatic N) is 2. The van der Waals surface area contributed by atoms with Gasteiger partial charge in [0.2, 0.25) is 0 Å². The van der Waals surface area contributed by atoms with E-state index < -0.39 is 0 Å². The van der Waals surface area contributed by atoms with Crippen LogP contribution in [0.3, 0.4) is 0 Å². The zero-order valence-corrected chi connectivity index (χ0v) is 7.70. The van der Waals surface area contributed by atoms with Gasteiger partial charge in [-0.2, -0.15) is 0 Å². The SMILES string of the molecule is Oc1cnc2c(c1)=CCN1CCNC=21. The van der Waals surface area contributed by atoms with E-state index in [1.54, 1.807) is 6.07 Å². The molecule has 14 heavy (non-hydrogen) atoms. The van der Waals surface area contributed by atoms with Crippen molar-refractivity contribution >= 4 is 11.9 Å². The van der Waals surface area contributed by atoms with Gasteiger partial charge in [0.05, 0.1) is 6.20 Å². The Hall–Kier alpha value is -1.71. The first kappa shape index (κ1) is 7.67. The second-order valence-electron chi connectivity index (χ2n) is 3.56. The molecule has 0 aromatic carbocycles. The summed E-state index contributed by atoms with van der Waals surface area (Å²) in [5.41, 5.74) is 0. The molecule has 0 radical (unpaired) electrons. The Labute approximate surface area is 81.2 Å². The van der Waals surface area contributed by atoms with Crippen LogP contribution in [0.2, 0.25) is 0 Å². The van der Waals surface area contributed by atoms with Crippen molar-refractivity contribution < 1.29 is 5.11 Å². The second kappa shape index (κ2) is 2.64. The largest absolute Gasteiger partial charge is 0.506 e. The van der Waals surface area contributed by atoms with Gasteiger partial charge in [-0.1, -0.05) is 6.08 Å². The lowest BCUT2D eigenvalue weighted by atomic mass is 10.2. The van der Waals surface area contributed by atoms with E-state index in [2.05, 4.69) is 21.3 Å². The van der Waals surface area contributed by atoms with Gasteiger partial charge < -0.3 is 15.3 Å². The van der Waals surface area contributed by atoms with E-state index in [1.165, 1.54) is 6.20 Å². The average Bonchev–Trinajstić information content (AvgIpc) is 2.65. The minimum atomic E-state index is 0.229. The van der Waals surface area contributed by atoms with E-state index in [0.29, 0.717) is 0 Å². The molecule has 4 heteroatoms. The number of pyridine rings is 1. The number of fused-ring (bicyclic) bond motifs is 2. The van der Waals surface area contributed by atoms with Crippen LogP contribution in [-0.4, -0.2) is 34.6 Å². The molecule has 3 heterocycles. The molecule has 2 aliphatic heterocycles. The predicted octanol–water partition coefficient (Wildman–Crippen LogP) is -1.45. The minimum absolute atomic E-state index is 0.229. The maximum atomic E-state index is 9.30. The van der Waals surface area contributed by atoms with Crippen molar-refractivity contribution in [3.8, 4) is 5.75 Å². The van der Waals surface area contributed by atoms with Crippen molar-refractivity contribution in [3.05, 3.63) is 22.8 Å². The summed E-state index contributed by atoms with van der Waals surface area (Å²) in [6.07, 6.45) is 3.59. The molecule has 0 bridgehead atoms. The molecule has 1 saturated heterocycles. The van der Waals surface area contributed by atoms with Gasteiger partial charge in [0.15, 0.2) is 0 Å². The van der Waals surface area contributed by atoms with E-state index in [1.807, 2.05) is 0 Å². The van der Waals surface area contributed by atoms with Crippen LogP contribution in [0.1, 0.15) is 0 Å². The van der Waals surface area contributed by atoms with E-state index in [9.17, 15) is 5.11 Å². The highest BCUT2D eigenvalue weighted by Crippen LogP contribution is 2.08. The van der Waals surface area contributed by atoms with Crippen molar-refractivity contribution in [1.29, 1.82) is 0 Å². The minimum Gasteiger partial charge on any atom is -0.506 e. The molecule has 0 spiro atoms. The molecule has 1 aromatic heterocycles. The van der Waals surface area contributed by atoms with Crippen LogP contribution >= 0.6 is 0 Å². The zero-order valence-electron chi connectivity index (χ0n) is 7.70. The van der Waals surface area contributed by atoms with Gasteiger partial charge in [-0.05, 0) is 6.07 Å². The van der Waals surface area contributed by atoms with Gasteiger partial charge in [-0.15, -0.1) is 0 Å². The summed E-state index contributed by atoms with van der Waals surface area (Å²) in [5, 5.41) is 14.6. The maximum absolute atomic E-state index is 9.30. The number of rotatable bonds is 0. The molecule has 2 N–H and O–H groups in total. The summed E-state index contributed by atoms with van der Waals surface area (Å²) >= 11 is 0. The van der Waals surface area contributed by atoms with Gasteiger partial charge in [-0.3, -0.25) is 0 Å². The highest BCUT2D eigenvalue weighted by molar-refractivity contribution is 5.49. The molecular weight excluding hydrogens is 178 g/mol. The molecule has 1 fully saturated rings. The molecule has 0 atom stereocenters. The lowest BCUT2D eigenvalue weighted by Crippen LogP contribution is -2.41. The number of aromatic hydroxyl groups is 1. The Kier molecular flexibility index (Phi) is 1.45. The first-order valence-corrected chi connectivity index (χ1v) is 4.73. The molecule has 0 amide bonds. The predicted molar refractivity (Wildman–Crippen MR) is 52.6 cm³/mol. The van der Waals surface area contributed by atoms with E-state index in [4.69, 9.17) is 0 Å². The van der Waals surface area contributed by atoms with Crippen molar-refractivity contribution in [2.45, 2.75) is 0 Å². The van der Waals surface area contributed by atoms with E-state index in [-0.39, 0.29) is 5.75 Å². The molecule has 1 aromatic rings. The molecule has 2 aliphatic rings. The summed E-state index contributed by atoms with van der Waals surface area (Å²) in [7, 11) is 0. The van der Waals surface area contributed by atoms with Crippen LogP contribution in [-0.2, 0) is 0 Å². The maximum Gasteiger partial charge on any atom is 0.134 e. The van der Waals surface area contributed by atoms with Gasteiger partial charge in [0, 0.05) is 24.9 Å². The Bertz CT molecular complexity index is 495. The third-order valence-corrected chi connectivity index (χ3v) is 2.65. The monoisotopic (exact) mass is 189 g/mol. The number of hydrogen-bond donors (Lipinski definition) is 2. The topological polar surface area (TPSA) is 48.4 Å². The smallest absolute Gasteiger partial charge is 0.134 e. The van der Waals surface area contributed by atoms with Crippen LogP contribution in [0.25, 0.3) is 11.9 Å². The van der Waals surface area contributed by atoms with Gasteiger partial charge in [0.1, 0.15) is 16.9 Å². The van der Waals surface area contributed by atoms with Crippen LogP contribution < -0.4 is 15.9 Å². The fraction of sp³-hybridized carbons (Fsp3) is 0.300. The molecule has 72 valence electrons. The lowest BCUT2D eigenvalue weighted by Gasteiger charge is -2.19. The van der Waals surface area contributed by atoms with Crippen molar-refractivity contribution in [3.63, 3.8) is 0 Å². The van der Waals surface area contributed by atoms with Gasteiger partial charge in [-0.25, -0.2) is 4.98 Å². The quantitative estimate of drug-likeness (QED) is 0.524. The molecule has 3 rings (SSSR count). The first-order chi connectivity index (χ1) is 6.84. The summed E-state index contributed by atoms with van der Waals surface area (Å²) < 4.78 is 0. The number of nitrogens with one attached hydrogen (secondary N) is 1. The normalized spacial score (nSPS) is 18.3. The highest BCUT2D eigenvalue weighted by atomic mass is 16.3. The molecule has 0 saturated carbocycles. The Morgan fingerprint density at radius 3 is 3.36 bits per heavy atom.